The Morgan fingerprint density at radius 1 is 1.14 bits per heavy atom. The Kier molecular flexibility index (Phi) is 6.37. The molecular formula is C20H22ClFN2O3S. The number of anilines is 1. The molecule has 2 aromatic rings. The lowest BCUT2D eigenvalue weighted by Crippen LogP contribution is -2.41. The summed E-state index contributed by atoms with van der Waals surface area (Å²) in [6.07, 6.45) is 3.64. The number of hydrogen-bond acceptors (Lipinski definition) is 3. The average Bonchev–Trinajstić information content (AvgIpc) is 2.63. The van der Waals surface area contributed by atoms with E-state index in [1.807, 2.05) is 6.92 Å². The van der Waals surface area contributed by atoms with Crippen molar-refractivity contribution in [3.63, 3.8) is 0 Å². The molecule has 5 nitrogen and oxygen atoms in total. The van der Waals surface area contributed by atoms with E-state index >= 15 is 0 Å². The molecule has 2 N–H and O–H groups in total. The normalized spacial score (nSPS) is 20.0. The first-order valence-electron chi connectivity index (χ1n) is 9.15. The van der Waals surface area contributed by atoms with Crippen LogP contribution in [0.25, 0.3) is 0 Å². The Labute approximate surface area is 169 Å². The Hall–Kier alpha value is -1.96. The molecule has 8 heteroatoms. The van der Waals surface area contributed by atoms with Gasteiger partial charge < -0.3 is 5.32 Å². The van der Waals surface area contributed by atoms with Crippen molar-refractivity contribution in [2.45, 2.75) is 43.5 Å². The number of nitrogens with one attached hydrogen (secondary N) is 2. The van der Waals surface area contributed by atoms with Crippen LogP contribution in [0, 0.1) is 11.7 Å². The van der Waals surface area contributed by atoms with Crippen molar-refractivity contribution < 1.29 is 17.6 Å². The van der Waals surface area contributed by atoms with Crippen LogP contribution in [0.15, 0.2) is 47.4 Å². The maximum Gasteiger partial charge on any atom is 0.255 e. The zero-order valence-corrected chi connectivity index (χ0v) is 17.0. The number of hydrogen-bond donors (Lipinski definition) is 2. The third-order valence-corrected chi connectivity index (χ3v) is 6.72. The van der Waals surface area contributed by atoms with Crippen LogP contribution >= 0.6 is 11.6 Å². The van der Waals surface area contributed by atoms with Crippen LogP contribution in [-0.2, 0) is 10.0 Å². The highest BCUT2D eigenvalue weighted by Crippen LogP contribution is 2.26. The van der Waals surface area contributed by atoms with Crippen LogP contribution in [0.2, 0.25) is 5.02 Å². The fourth-order valence-electron chi connectivity index (χ4n) is 3.37. The highest BCUT2D eigenvalue weighted by Gasteiger charge is 2.29. The summed E-state index contributed by atoms with van der Waals surface area (Å²) < 4.78 is 42.4. The van der Waals surface area contributed by atoms with Crippen molar-refractivity contribution in [2.24, 2.45) is 5.92 Å². The number of halogens is 2. The lowest BCUT2D eigenvalue weighted by Gasteiger charge is -2.29. The van der Waals surface area contributed by atoms with E-state index in [1.165, 1.54) is 6.07 Å². The third kappa shape index (κ3) is 4.90. The van der Waals surface area contributed by atoms with E-state index in [9.17, 15) is 17.6 Å². The molecule has 2 atom stereocenters. The molecule has 1 fully saturated rings. The molecule has 3 rings (SSSR count). The Morgan fingerprint density at radius 2 is 1.89 bits per heavy atom. The molecule has 0 aliphatic heterocycles. The molecule has 2 aromatic carbocycles. The average molecular weight is 425 g/mol. The molecule has 28 heavy (non-hydrogen) atoms. The summed E-state index contributed by atoms with van der Waals surface area (Å²) in [5, 5.41) is 3.07. The molecule has 0 heterocycles. The topological polar surface area (TPSA) is 75.3 Å². The van der Waals surface area contributed by atoms with E-state index in [0.29, 0.717) is 10.7 Å². The quantitative estimate of drug-likeness (QED) is 0.737. The Morgan fingerprint density at radius 3 is 2.61 bits per heavy atom. The molecular weight excluding hydrogens is 403 g/mol. The highest BCUT2D eigenvalue weighted by atomic mass is 35.5. The van der Waals surface area contributed by atoms with Gasteiger partial charge in [0.2, 0.25) is 10.0 Å². The lowest BCUT2D eigenvalue weighted by molar-refractivity contribution is 0.102. The number of benzene rings is 2. The van der Waals surface area contributed by atoms with E-state index < -0.39 is 26.6 Å². The van der Waals surface area contributed by atoms with Crippen LogP contribution in [0.3, 0.4) is 0 Å². The summed E-state index contributed by atoms with van der Waals surface area (Å²) in [5.74, 6) is -1.26. The summed E-state index contributed by atoms with van der Waals surface area (Å²) in [6, 6.07) is 9.62. The van der Waals surface area contributed by atoms with E-state index in [2.05, 4.69) is 10.0 Å². The summed E-state index contributed by atoms with van der Waals surface area (Å²) in [4.78, 5) is 11.9. The van der Waals surface area contributed by atoms with Gasteiger partial charge in [0, 0.05) is 22.3 Å². The van der Waals surface area contributed by atoms with Gasteiger partial charge in [-0.25, -0.2) is 17.5 Å². The van der Waals surface area contributed by atoms with Crippen molar-refractivity contribution in [3.8, 4) is 0 Å². The smallest absolute Gasteiger partial charge is 0.255 e. The Bertz CT molecular complexity index is 981. The van der Waals surface area contributed by atoms with Crippen molar-refractivity contribution in [1.82, 2.24) is 4.72 Å². The first kappa shape index (κ1) is 20.8. The summed E-state index contributed by atoms with van der Waals surface area (Å²) in [5.41, 5.74) is 0.499. The van der Waals surface area contributed by atoms with Crippen LogP contribution in [0.5, 0.6) is 0 Å². The van der Waals surface area contributed by atoms with Crippen LogP contribution in [0.1, 0.15) is 43.0 Å². The van der Waals surface area contributed by atoms with Crippen LogP contribution in [-0.4, -0.2) is 20.4 Å². The minimum atomic E-state index is -4.09. The number of sulfonamides is 1. The Balaban J connectivity index is 1.83. The number of rotatable bonds is 5. The number of amides is 1. The van der Waals surface area contributed by atoms with Crippen molar-refractivity contribution in [2.75, 3.05) is 5.32 Å². The molecule has 0 bridgehead atoms. The van der Waals surface area contributed by atoms with Gasteiger partial charge in [-0.05, 0) is 55.2 Å². The van der Waals surface area contributed by atoms with Gasteiger partial charge in [-0.15, -0.1) is 0 Å². The molecule has 0 spiro atoms. The molecule has 1 saturated carbocycles. The van der Waals surface area contributed by atoms with Crippen molar-refractivity contribution in [3.05, 3.63) is 58.9 Å². The SMILES string of the molecule is C[C@@H]1CCCC[C@H]1NS(=O)(=O)c1cc(C(=O)Nc2cccc(Cl)c2)ccc1F. The van der Waals surface area contributed by atoms with Gasteiger partial charge in [0.15, 0.2) is 0 Å². The molecule has 0 radical (unpaired) electrons. The van der Waals surface area contributed by atoms with Crippen LogP contribution < -0.4 is 10.0 Å². The van der Waals surface area contributed by atoms with E-state index in [4.69, 9.17) is 11.6 Å². The van der Waals surface area contributed by atoms with Crippen molar-refractivity contribution >= 4 is 33.2 Å². The lowest BCUT2D eigenvalue weighted by atomic mass is 9.87. The van der Waals surface area contributed by atoms with Crippen LogP contribution in [0.4, 0.5) is 10.1 Å². The maximum absolute atomic E-state index is 14.3. The predicted molar refractivity (Wildman–Crippen MR) is 108 cm³/mol. The fraction of sp³-hybridized carbons (Fsp3) is 0.350. The first-order chi connectivity index (χ1) is 13.3. The fourth-order valence-corrected chi connectivity index (χ4v) is 5.05. The minimum absolute atomic E-state index is 0.0402. The second-order valence-electron chi connectivity index (χ2n) is 7.10. The van der Waals surface area contributed by atoms with E-state index in [1.54, 1.807) is 24.3 Å². The second-order valence-corrected chi connectivity index (χ2v) is 9.22. The highest BCUT2D eigenvalue weighted by molar-refractivity contribution is 7.89. The maximum atomic E-state index is 14.3. The van der Waals surface area contributed by atoms with Crippen molar-refractivity contribution in [1.29, 1.82) is 0 Å². The van der Waals surface area contributed by atoms with Gasteiger partial charge in [0.1, 0.15) is 10.7 Å². The first-order valence-corrected chi connectivity index (χ1v) is 11.0. The standard InChI is InChI=1S/C20H22ClFN2O3S/c1-13-5-2-3-8-18(13)24-28(26,27)19-11-14(9-10-17(19)22)20(25)23-16-7-4-6-15(21)12-16/h4,6-7,9-13,18,24H,2-3,5,8H2,1H3,(H,23,25)/t13-,18-/m1/s1. The summed E-state index contributed by atoms with van der Waals surface area (Å²) >= 11 is 5.90. The molecule has 1 aliphatic carbocycles. The number of carbonyl (C=O) groups excluding carboxylic acids is 1. The van der Waals surface area contributed by atoms with E-state index in [0.717, 1.165) is 37.8 Å². The zero-order valence-electron chi connectivity index (χ0n) is 15.4. The largest absolute Gasteiger partial charge is 0.322 e. The van der Waals surface area contributed by atoms with Gasteiger partial charge >= 0.3 is 0 Å². The third-order valence-electron chi connectivity index (χ3n) is 4.98. The molecule has 1 aliphatic rings. The van der Waals surface area contributed by atoms with Gasteiger partial charge in [-0.1, -0.05) is 37.4 Å². The molecule has 0 unspecified atom stereocenters. The van der Waals surface area contributed by atoms with Gasteiger partial charge in [0.05, 0.1) is 0 Å². The number of carbonyl (C=O) groups is 1. The van der Waals surface area contributed by atoms with Gasteiger partial charge in [0.25, 0.3) is 5.91 Å². The van der Waals surface area contributed by atoms with Gasteiger partial charge in [-0.2, -0.15) is 0 Å². The van der Waals surface area contributed by atoms with E-state index in [-0.39, 0.29) is 17.5 Å². The molecule has 0 saturated heterocycles. The predicted octanol–water partition coefficient (Wildman–Crippen LogP) is 4.59. The summed E-state index contributed by atoms with van der Waals surface area (Å²) in [7, 11) is -4.09. The monoisotopic (exact) mass is 424 g/mol. The molecule has 1 amide bonds. The summed E-state index contributed by atoms with van der Waals surface area (Å²) in [6.45, 7) is 1.98. The zero-order chi connectivity index (χ0) is 20.3. The molecule has 0 aromatic heterocycles. The second kappa shape index (κ2) is 8.59. The van der Waals surface area contributed by atoms with Gasteiger partial charge in [-0.3, -0.25) is 4.79 Å². The molecule has 150 valence electrons. The minimum Gasteiger partial charge on any atom is -0.322 e.